The summed E-state index contributed by atoms with van der Waals surface area (Å²) in [6.07, 6.45) is 3.74. The number of hydrogen-bond donors (Lipinski definition) is 3. The quantitative estimate of drug-likeness (QED) is 0.401. The molecule has 2 aromatic carbocycles. The first kappa shape index (κ1) is 22.1. The van der Waals surface area contributed by atoms with E-state index in [1.54, 1.807) is 16.6 Å². The number of benzene rings is 2. The molecule has 5 rings (SSSR count). The van der Waals surface area contributed by atoms with Gasteiger partial charge in [0.1, 0.15) is 11.9 Å². The van der Waals surface area contributed by atoms with Gasteiger partial charge in [0.25, 0.3) is 0 Å². The SMILES string of the molecule is O=C(NO)[C@H]1C[C@H](Oc2ccc3ncccc3c2)CN[C@@H]1C(=O)N1CC=C(c2ccccc2)C1. The molecule has 174 valence electrons. The third kappa shape index (κ3) is 4.50. The number of carbonyl (C=O) groups is 2. The Bertz CT molecular complexity index is 1230. The number of fused-ring (bicyclic) bond motifs is 1. The molecule has 2 aliphatic rings. The van der Waals surface area contributed by atoms with Crippen molar-refractivity contribution in [1.82, 2.24) is 20.7 Å². The molecule has 0 bridgehead atoms. The minimum Gasteiger partial charge on any atom is -0.489 e. The lowest BCUT2D eigenvalue weighted by Gasteiger charge is -2.36. The summed E-state index contributed by atoms with van der Waals surface area (Å²) in [4.78, 5) is 31.9. The highest BCUT2D eigenvalue weighted by atomic mass is 16.5. The van der Waals surface area contributed by atoms with Gasteiger partial charge in [0.15, 0.2) is 0 Å². The number of hydrogen-bond acceptors (Lipinski definition) is 6. The van der Waals surface area contributed by atoms with Crippen LogP contribution in [0.2, 0.25) is 0 Å². The number of amides is 2. The Labute approximate surface area is 197 Å². The first-order valence-electron chi connectivity index (χ1n) is 11.3. The van der Waals surface area contributed by atoms with Crippen molar-refractivity contribution in [1.29, 1.82) is 0 Å². The van der Waals surface area contributed by atoms with E-state index in [9.17, 15) is 14.8 Å². The molecule has 1 aromatic heterocycles. The van der Waals surface area contributed by atoms with Crippen molar-refractivity contribution < 1.29 is 19.5 Å². The molecule has 1 saturated heterocycles. The molecule has 0 unspecified atom stereocenters. The number of piperidine rings is 1. The highest BCUT2D eigenvalue weighted by Crippen LogP contribution is 2.27. The summed E-state index contributed by atoms with van der Waals surface area (Å²) in [5.74, 6) is -0.862. The number of pyridine rings is 1. The van der Waals surface area contributed by atoms with Crippen LogP contribution in [-0.4, -0.2) is 58.7 Å². The lowest BCUT2D eigenvalue weighted by molar-refractivity contribution is -0.144. The number of carbonyl (C=O) groups excluding carboxylic acids is 2. The largest absolute Gasteiger partial charge is 0.489 e. The van der Waals surface area contributed by atoms with Crippen molar-refractivity contribution >= 4 is 28.3 Å². The molecule has 0 aliphatic carbocycles. The van der Waals surface area contributed by atoms with Crippen molar-refractivity contribution in [2.75, 3.05) is 19.6 Å². The first-order valence-corrected chi connectivity index (χ1v) is 11.3. The van der Waals surface area contributed by atoms with Gasteiger partial charge in [0, 0.05) is 31.2 Å². The molecule has 3 N–H and O–H groups in total. The van der Waals surface area contributed by atoms with Crippen LogP contribution in [0.25, 0.3) is 16.5 Å². The minimum atomic E-state index is -0.765. The molecule has 0 radical (unpaired) electrons. The molecule has 3 atom stereocenters. The lowest BCUT2D eigenvalue weighted by atomic mass is 9.87. The lowest BCUT2D eigenvalue weighted by Crippen LogP contribution is -2.60. The van der Waals surface area contributed by atoms with Crippen molar-refractivity contribution in [2.24, 2.45) is 5.92 Å². The van der Waals surface area contributed by atoms with Gasteiger partial charge in [-0.2, -0.15) is 0 Å². The van der Waals surface area contributed by atoms with Crippen LogP contribution in [-0.2, 0) is 9.59 Å². The third-order valence-electron chi connectivity index (χ3n) is 6.45. The molecular formula is C26H26N4O4. The predicted molar refractivity (Wildman–Crippen MR) is 127 cm³/mol. The van der Waals surface area contributed by atoms with Crippen LogP contribution in [0.3, 0.4) is 0 Å². The standard InChI is InChI=1S/C26H26N4O4/c31-25(29-33)22-14-21(34-20-8-9-23-18(13-20)7-4-11-27-23)15-28-24(22)26(32)30-12-10-19(16-30)17-5-2-1-3-6-17/h1-11,13,21-22,24,28,33H,12,14-16H2,(H,29,31)/t21-,22-,24-/m0/s1. The van der Waals surface area contributed by atoms with Gasteiger partial charge < -0.3 is 15.0 Å². The first-order chi connectivity index (χ1) is 16.6. The van der Waals surface area contributed by atoms with Crippen LogP contribution in [0.5, 0.6) is 5.75 Å². The molecule has 2 aliphatic heterocycles. The van der Waals surface area contributed by atoms with Crippen LogP contribution >= 0.6 is 0 Å². The van der Waals surface area contributed by atoms with Gasteiger partial charge in [-0.15, -0.1) is 0 Å². The molecular weight excluding hydrogens is 432 g/mol. The highest BCUT2D eigenvalue weighted by molar-refractivity contribution is 5.92. The number of nitrogens with one attached hydrogen (secondary N) is 2. The van der Waals surface area contributed by atoms with Crippen molar-refractivity contribution in [3.05, 3.63) is 78.5 Å². The Kier molecular flexibility index (Phi) is 6.24. The van der Waals surface area contributed by atoms with E-state index in [-0.39, 0.29) is 12.0 Å². The zero-order valence-corrected chi connectivity index (χ0v) is 18.6. The predicted octanol–water partition coefficient (Wildman–Crippen LogP) is 2.39. The van der Waals surface area contributed by atoms with Gasteiger partial charge in [-0.05, 0) is 41.8 Å². The van der Waals surface area contributed by atoms with E-state index in [0.29, 0.717) is 31.8 Å². The maximum Gasteiger partial charge on any atom is 0.248 e. The topological polar surface area (TPSA) is 104 Å². The average Bonchev–Trinajstić information content (AvgIpc) is 3.39. The fraction of sp³-hybridized carbons (Fsp3) is 0.269. The van der Waals surface area contributed by atoms with E-state index in [2.05, 4.69) is 10.3 Å². The Morgan fingerprint density at radius 2 is 1.97 bits per heavy atom. The number of nitrogens with zero attached hydrogens (tertiary/aromatic N) is 2. The van der Waals surface area contributed by atoms with Crippen LogP contribution in [0.4, 0.5) is 0 Å². The summed E-state index contributed by atoms with van der Waals surface area (Å²) in [7, 11) is 0. The Hall–Kier alpha value is -3.75. The molecule has 8 nitrogen and oxygen atoms in total. The van der Waals surface area contributed by atoms with E-state index >= 15 is 0 Å². The second-order valence-electron chi connectivity index (χ2n) is 8.62. The van der Waals surface area contributed by atoms with Gasteiger partial charge >= 0.3 is 0 Å². The molecule has 2 amide bonds. The maximum absolute atomic E-state index is 13.3. The normalized spacial score (nSPS) is 22.3. The smallest absolute Gasteiger partial charge is 0.248 e. The summed E-state index contributed by atoms with van der Waals surface area (Å²) in [5.41, 5.74) is 4.76. The van der Waals surface area contributed by atoms with E-state index in [4.69, 9.17) is 4.74 Å². The zero-order valence-electron chi connectivity index (χ0n) is 18.6. The number of hydroxylamine groups is 1. The van der Waals surface area contributed by atoms with E-state index in [0.717, 1.165) is 22.0 Å². The number of ether oxygens (including phenoxy) is 1. The summed E-state index contributed by atoms with van der Waals surface area (Å²) < 4.78 is 6.13. The summed E-state index contributed by atoms with van der Waals surface area (Å²) in [6.45, 7) is 1.38. The van der Waals surface area contributed by atoms with Crippen molar-refractivity contribution in [2.45, 2.75) is 18.6 Å². The average molecular weight is 459 g/mol. The summed E-state index contributed by atoms with van der Waals surface area (Å²) in [5, 5.41) is 13.5. The molecule has 34 heavy (non-hydrogen) atoms. The molecule has 8 heteroatoms. The Balaban J connectivity index is 1.26. The van der Waals surface area contributed by atoms with Crippen molar-refractivity contribution in [3.63, 3.8) is 0 Å². The Morgan fingerprint density at radius 1 is 1.12 bits per heavy atom. The second-order valence-corrected chi connectivity index (χ2v) is 8.62. The van der Waals surface area contributed by atoms with Crippen molar-refractivity contribution in [3.8, 4) is 5.75 Å². The molecule has 1 fully saturated rings. The number of rotatable bonds is 5. The number of aromatic nitrogens is 1. The van der Waals surface area contributed by atoms with Crippen LogP contribution < -0.4 is 15.5 Å². The molecule has 0 saturated carbocycles. The van der Waals surface area contributed by atoms with Gasteiger partial charge in [0.2, 0.25) is 11.8 Å². The zero-order chi connectivity index (χ0) is 23.5. The third-order valence-corrected chi connectivity index (χ3v) is 6.45. The van der Waals surface area contributed by atoms with Gasteiger partial charge in [0.05, 0.1) is 17.5 Å². The summed E-state index contributed by atoms with van der Waals surface area (Å²) in [6, 6.07) is 18.6. The van der Waals surface area contributed by atoms with E-state index in [1.807, 2.05) is 66.7 Å². The van der Waals surface area contributed by atoms with Crippen LogP contribution in [0.15, 0.2) is 72.9 Å². The van der Waals surface area contributed by atoms with Gasteiger partial charge in [-0.3, -0.25) is 19.8 Å². The fourth-order valence-corrected chi connectivity index (χ4v) is 4.69. The summed E-state index contributed by atoms with van der Waals surface area (Å²) >= 11 is 0. The van der Waals surface area contributed by atoms with E-state index in [1.165, 1.54) is 0 Å². The fourth-order valence-electron chi connectivity index (χ4n) is 4.69. The maximum atomic E-state index is 13.3. The molecule has 3 heterocycles. The van der Waals surface area contributed by atoms with Gasteiger partial charge in [-0.1, -0.05) is 42.5 Å². The van der Waals surface area contributed by atoms with Crippen LogP contribution in [0.1, 0.15) is 12.0 Å². The second kappa shape index (κ2) is 9.62. The Morgan fingerprint density at radius 3 is 2.79 bits per heavy atom. The minimum absolute atomic E-state index is 0.161. The monoisotopic (exact) mass is 458 g/mol. The van der Waals surface area contributed by atoms with Crippen LogP contribution in [0, 0.1) is 5.92 Å². The van der Waals surface area contributed by atoms with Gasteiger partial charge in [-0.25, -0.2) is 5.48 Å². The molecule has 3 aromatic rings. The highest BCUT2D eigenvalue weighted by Gasteiger charge is 2.42. The van der Waals surface area contributed by atoms with E-state index < -0.39 is 17.9 Å². The molecule has 0 spiro atoms.